The fourth-order valence-corrected chi connectivity index (χ4v) is 2.72. The first kappa shape index (κ1) is 13.1. The Morgan fingerprint density at radius 2 is 2.17 bits per heavy atom. The maximum atomic E-state index is 11.0. The van der Waals surface area contributed by atoms with E-state index in [1.54, 1.807) is 0 Å². The summed E-state index contributed by atoms with van der Waals surface area (Å²) in [6.07, 6.45) is -1.49. The topological polar surface area (TPSA) is 62.5 Å². The number of aromatic nitrogens is 1. The van der Waals surface area contributed by atoms with Gasteiger partial charge in [-0.25, -0.2) is 4.79 Å². The minimum absolute atomic E-state index is 0.473. The summed E-state index contributed by atoms with van der Waals surface area (Å²) in [4.78, 5) is 11.0. The van der Waals surface area contributed by atoms with E-state index >= 15 is 0 Å². The van der Waals surface area contributed by atoms with Gasteiger partial charge in [-0.2, -0.15) is 0 Å². The molecule has 0 bridgehead atoms. The van der Waals surface area contributed by atoms with Crippen LogP contribution in [0.25, 0.3) is 10.9 Å². The molecule has 0 saturated carbocycles. The number of halogens is 1. The zero-order chi connectivity index (χ0) is 13.4. The number of carboxylic acid groups (broad SMARTS) is 1. The molecule has 4 nitrogen and oxygen atoms in total. The highest BCUT2D eigenvalue weighted by Crippen LogP contribution is 2.32. The number of hydrogen-bond acceptors (Lipinski definition) is 2. The Hall–Kier alpha value is -1.33. The van der Waals surface area contributed by atoms with Gasteiger partial charge in [0, 0.05) is 33.2 Å². The van der Waals surface area contributed by atoms with Crippen LogP contribution in [0.2, 0.25) is 0 Å². The number of rotatable bonds is 3. The number of aliphatic hydroxyl groups is 1. The van der Waals surface area contributed by atoms with Crippen molar-refractivity contribution in [2.24, 2.45) is 0 Å². The molecule has 1 aromatic heterocycles. The van der Waals surface area contributed by atoms with Gasteiger partial charge in [0.05, 0.1) is 0 Å². The van der Waals surface area contributed by atoms with Gasteiger partial charge in [0.25, 0.3) is 0 Å². The molecule has 0 fully saturated rings. The van der Waals surface area contributed by atoms with Gasteiger partial charge in [-0.15, -0.1) is 0 Å². The van der Waals surface area contributed by atoms with Crippen LogP contribution in [0.5, 0.6) is 0 Å². The first-order valence-corrected chi connectivity index (χ1v) is 6.45. The minimum Gasteiger partial charge on any atom is -0.479 e. The van der Waals surface area contributed by atoms with Gasteiger partial charge < -0.3 is 14.8 Å². The molecule has 96 valence electrons. The van der Waals surface area contributed by atoms with Gasteiger partial charge >= 0.3 is 5.97 Å². The summed E-state index contributed by atoms with van der Waals surface area (Å²) in [5.41, 5.74) is 2.20. The molecule has 2 aromatic rings. The third kappa shape index (κ3) is 1.93. The lowest BCUT2D eigenvalue weighted by Crippen LogP contribution is -2.11. The summed E-state index contributed by atoms with van der Waals surface area (Å²) in [7, 11) is 0. The van der Waals surface area contributed by atoms with Crippen LogP contribution in [0.15, 0.2) is 22.7 Å². The second-order valence-electron chi connectivity index (χ2n) is 4.15. The van der Waals surface area contributed by atoms with E-state index in [9.17, 15) is 9.90 Å². The number of nitrogens with zero attached hydrogens (tertiary/aromatic N) is 1. The summed E-state index contributed by atoms with van der Waals surface area (Å²) in [6, 6.07) is 5.68. The number of benzene rings is 1. The Balaban J connectivity index is 2.82. The van der Waals surface area contributed by atoms with E-state index in [1.165, 1.54) is 0 Å². The normalized spacial score (nSPS) is 12.9. The van der Waals surface area contributed by atoms with Crippen molar-refractivity contribution in [2.45, 2.75) is 26.5 Å². The summed E-state index contributed by atoms with van der Waals surface area (Å²) in [5, 5.41) is 19.6. The van der Waals surface area contributed by atoms with Crippen molar-refractivity contribution in [3.8, 4) is 0 Å². The molecule has 1 atom stereocenters. The Morgan fingerprint density at radius 3 is 2.72 bits per heavy atom. The molecular weight excluding hydrogens is 298 g/mol. The van der Waals surface area contributed by atoms with Crippen LogP contribution in [0.3, 0.4) is 0 Å². The fraction of sp³-hybridized carbons (Fsp3) is 0.308. The number of fused-ring (bicyclic) bond motifs is 1. The molecule has 2 N–H and O–H groups in total. The highest BCUT2D eigenvalue weighted by Gasteiger charge is 2.24. The third-order valence-corrected chi connectivity index (χ3v) is 3.65. The molecule has 0 spiro atoms. The molecule has 5 heteroatoms. The summed E-state index contributed by atoms with van der Waals surface area (Å²) in [6.45, 7) is 4.56. The van der Waals surface area contributed by atoms with Crippen LogP contribution >= 0.6 is 15.9 Å². The Bertz CT molecular complexity index is 618. The molecular formula is C13H14BrNO3. The van der Waals surface area contributed by atoms with Crippen LogP contribution in [-0.4, -0.2) is 20.7 Å². The predicted molar refractivity (Wildman–Crippen MR) is 72.6 cm³/mol. The summed E-state index contributed by atoms with van der Waals surface area (Å²) in [5.74, 6) is -1.23. The zero-order valence-corrected chi connectivity index (χ0v) is 11.7. The van der Waals surface area contributed by atoms with E-state index in [-0.39, 0.29) is 0 Å². The number of aryl methyl sites for hydroxylation is 1. The lowest BCUT2D eigenvalue weighted by molar-refractivity contribution is -0.146. The van der Waals surface area contributed by atoms with E-state index < -0.39 is 12.1 Å². The van der Waals surface area contributed by atoms with Gasteiger partial charge in [0.15, 0.2) is 6.10 Å². The SMILES string of the molecule is CCn1c(C)c(C(O)C(=O)O)c2cc(Br)ccc21. The monoisotopic (exact) mass is 311 g/mol. The van der Waals surface area contributed by atoms with Crippen LogP contribution in [0, 0.1) is 6.92 Å². The average molecular weight is 312 g/mol. The number of aliphatic carboxylic acids is 1. The molecule has 0 aliphatic heterocycles. The standard InChI is InChI=1S/C13H14BrNO3/c1-3-15-7(2)11(12(16)13(17)18)9-6-8(14)4-5-10(9)15/h4-6,12,16H,3H2,1-2H3,(H,17,18). The third-order valence-electron chi connectivity index (χ3n) is 3.16. The van der Waals surface area contributed by atoms with Crippen LogP contribution in [0.4, 0.5) is 0 Å². The Labute approximate surface area is 113 Å². The van der Waals surface area contributed by atoms with E-state index in [0.29, 0.717) is 5.56 Å². The van der Waals surface area contributed by atoms with Crippen molar-refractivity contribution in [1.29, 1.82) is 0 Å². The Kier molecular flexibility index (Phi) is 3.45. The van der Waals surface area contributed by atoms with Gasteiger partial charge in [-0.1, -0.05) is 15.9 Å². The molecule has 0 amide bonds. The van der Waals surface area contributed by atoms with Gasteiger partial charge in [0.1, 0.15) is 0 Å². The van der Waals surface area contributed by atoms with Crippen molar-refractivity contribution < 1.29 is 15.0 Å². The maximum absolute atomic E-state index is 11.0. The molecule has 2 rings (SSSR count). The number of hydrogen-bond donors (Lipinski definition) is 2. The van der Waals surface area contributed by atoms with Gasteiger partial charge in [0.2, 0.25) is 0 Å². The molecule has 0 aliphatic rings. The maximum Gasteiger partial charge on any atom is 0.337 e. The van der Waals surface area contributed by atoms with Crippen molar-refractivity contribution in [3.63, 3.8) is 0 Å². The van der Waals surface area contributed by atoms with E-state index in [1.807, 2.05) is 36.6 Å². The minimum atomic E-state index is -1.49. The van der Waals surface area contributed by atoms with Crippen molar-refractivity contribution in [3.05, 3.63) is 33.9 Å². The molecule has 0 aliphatic carbocycles. The molecule has 1 unspecified atom stereocenters. The fourth-order valence-electron chi connectivity index (χ4n) is 2.36. The first-order valence-electron chi connectivity index (χ1n) is 5.66. The smallest absolute Gasteiger partial charge is 0.337 e. The quantitative estimate of drug-likeness (QED) is 0.916. The van der Waals surface area contributed by atoms with Crippen LogP contribution < -0.4 is 0 Å². The lowest BCUT2D eigenvalue weighted by atomic mass is 10.1. The van der Waals surface area contributed by atoms with E-state index in [2.05, 4.69) is 15.9 Å². The first-order chi connectivity index (χ1) is 8.47. The molecule has 0 saturated heterocycles. The summed E-state index contributed by atoms with van der Waals surface area (Å²) >= 11 is 3.37. The highest BCUT2D eigenvalue weighted by molar-refractivity contribution is 9.10. The Morgan fingerprint density at radius 1 is 1.50 bits per heavy atom. The second kappa shape index (κ2) is 4.74. The zero-order valence-electron chi connectivity index (χ0n) is 10.1. The number of aliphatic hydroxyl groups excluding tert-OH is 1. The summed E-state index contributed by atoms with van der Waals surface area (Å²) < 4.78 is 2.87. The van der Waals surface area contributed by atoms with E-state index in [0.717, 1.165) is 27.6 Å². The number of carboxylic acids is 1. The largest absolute Gasteiger partial charge is 0.479 e. The lowest BCUT2D eigenvalue weighted by Gasteiger charge is -2.07. The molecule has 0 radical (unpaired) electrons. The predicted octanol–water partition coefficient (Wildman–Crippen LogP) is 2.85. The average Bonchev–Trinajstić information content (AvgIpc) is 2.59. The molecule has 1 heterocycles. The van der Waals surface area contributed by atoms with Crippen LogP contribution in [0.1, 0.15) is 24.3 Å². The van der Waals surface area contributed by atoms with Crippen LogP contribution in [-0.2, 0) is 11.3 Å². The van der Waals surface area contributed by atoms with Crippen molar-refractivity contribution in [1.82, 2.24) is 4.57 Å². The van der Waals surface area contributed by atoms with Gasteiger partial charge in [-0.05, 0) is 32.0 Å². The van der Waals surface area contributed by atoms with Gasteiger partial charge in [-0.3, -0.25) is 0 Å². The van der Waals surface area contributed by atoms with Crippen molar-refractivity contribution >= 4 is 32.8 Å². The highest BCUT2D eigenvalue weighted by atomic mass is 79.9. The van der Waals surface area contributed by atoms with E-state index in [4.69, 9.17) is 5.11 Å². The second-order valence-corrected chi connectivity index (χ2v) is 5.06. The molecule has 18 heavy (non-hydrogen) atoms. The molecule has 1 aromatic carbocycles. The number of carbonyl (C=O) groups is 1. The van der Waals surface area contributed by atoms with Crippen molar-refractivity contribution in [2.75, 3.05) is 0 Å².